The maximum Gasteiger partial charge on any atom is 0.146 e. The fourth-order valence-electron chi connectivity index (χ4n) is 1.42. The number of rotatable bonds is 4. The van der Waals surface area contributed by atoms with E-state index in [0.717, 1.165) is 18.2 Å². The smallest absolute Gasteiger partial charge is 0.146 e. The van der Waals surface area contributed by atoms with Gasteiger partial charge in [0.25, 0.3) is 0 Å². The van der Waals surface area contributed by atoms with E-state index in [1.54, 1.807) is 12.1 Å². The van der Waals surface area contributed by atoms with Gasteiger partial charge in [-0.2, -0.15) is 0 Å². The average Bonchev–Trinajstić information content (AvgIpc) is 2.83. The van der Waals surface area contributed by atoms with E-state index in [4.69, 9.17) is 4.42 Å². The molecule has 2 aromatic rings. The third-order valence-corrected chi connectivity index (χ3v) is 2.29. The SMILES string of the molecule is OC(CNc1cc(F)ccc1F)c1ccco1. The first kappa shape index (κ1) is 11.6. The van der Waals surface area contributed by atoms with E-state index in [-0.39, 0.29) is 12.2 Å². The van der Waals surface area contributed by atoms with Crippen LogP contribution in [0.15, 0.2) is 41.0 Å². The van der Waals surface area contributed by atoms with Crippen LogP contribution in [-0.4, -0.2) is 11.7 Å². The Morgan fingerprint density at radius 2 is 2.12 bits per heavy atom. The monoisotopic (exact) mass is 239 g/mol. The zero-order chi connectivity index (χ0) is 12.3. The van der Waals surface area contributed by atoms with Gasteiger partial charge in [-0.15, -0.1) is 0 Å². The maximum atomic E-state index is 13.2. The van der Waals surface area contributed by atoms with Crippen molar-refractivity contribution in [3.8, 4) is 0 Å². The lowest BCUT2D eigenvalue weighted by Crippen LogP contribution is -2.12. The van der Waals surface area contributed by atoms with E-state index in [1.165, 1.54) is 6.26 Å². The number of aliphatic hydroxyl groups excluding tert-OH is 1. The third-order valence-electron chi connectivity index (χ3n) is 2.29. The Hall–Kier alpha value is -1.88. The summed E-state index contributed by atoms with van der Waals surface area (Å²) in [4.78, 5) is 0. The van der Waals surface area contributed by atoms with Crippen LogP contribution < -0.4 is 5.32 Å². The molecule has 90 valence electrons. The molecular weight excluding hydrogens is 228 g/mol. The van der Waals surface area contributed by atoms with E-state index in [1.807, 2.05) is 0 Å². The molecule has 3 nitrogen and oxygen atoms in total. The lowest BCUT2D eigenvalue weighted by molar-refractivity contribution is 0.162. The topological polar surface area (TPSA) is 45.4 Å². The highest BCUT2D eigenvalue weighted by molar-refractivity contribution is 5.45. The largest absolute Gasteiger partial charge is 0.467 e. The highest BCUT2D eigenvalue weighted by atomic mass is 19.1. The number of anilines is 1. The Kier molecular flexibility index (Phi) is 3.39. The number of furan rings is 1. The van der Waals surface area contributed by atoms with Gasteiger partial charge in [-0.05, 0) is 30.3 Å². The molecule has 0 fully saturated rings. The summed E-state index contributed by atoms with van der Waals surface area (Å²) in [7, 11) is 0. The van der Waals surface area contributed by atoms with E-state index in [9.17, 15) is 13.9 Å². The van der Waals surface area contributed by atoms with Crippen molar-refractivity contribution < 1.29 is 18.3 Å². The molecule has 1 aromatic carbocycles. The molecule has 0 aliphatic rings. The summed E-state index contributed by atoms with van der Waals surface area (Å²) in [6.45, 7) is 0.0356. The van der Waals surface area contributed by atoms with Crippen LogP contribution in [0.5, 0.6) is 0 Å². The molecule has 2 N–H and O–H groups in total. The zero-order valence-electron chi connectivity index (χ0n) is 8.86. The Labute approximate surface area is 96.7 Å². The van der Waals surface area contributed by atoms with Gasteiger partial charge in [0.2, 0.25) is 0 Å². The van der Waals surface area contributed by atoms with Crippen LogP contribution in [0, 0.1) is 11.6 Å². The first-order valence-corrected chi connectivity index (χ1v) is 5.07. The third kappa shape index (κ3) is 2.82. The molecule has 0 saturated heterocycles. The van der Waals surface area contributed by atoms with Crippen LogP contribution in [0.3, 0.4) is 0 Å². The lowest BCUT2D eigenvalue weighted by atomic mass is 10.2. The normalized spacial score (nSPS) is 12.4. The molecule has 1 atom stereocenters. The second kappa shape index (κ2) is 4.97. The van der Waals surface area contributed by atoms with Crippen molar-refractivity contribution in [1.82, 2.24) is 0 Å². The second-order valence-electron chi connectivity index (χ2n) is 3.54. The van der Waals surface area contributed by atoms with Crippen LogP contribution in [-0.2, 0) is 0 Å². The highest BCUT2D eigenvalue weighted by Crippen LogP contribution is 2.18. The summed E-state index contributed by atoms with van der Waals surface area (Å²) in [6.07, 6.45) is 0.522. The van der Waals surface area contributed by atoms with E-state index in [2.05, 4.69) is 5.32 Å². The van der Waals surface area contributed by atoms with Crippen molar-refractivity contribution in [2.24, 2.45) is 0 Å². The second-order valence-corrected chi connectivity index (χ2v) is 3.54. The number of nitrogens with one attached hydrogen (secondary N) is 1. The maximum absolute atomic E-state index is 13.2. The molecule has 0 aliphatic heterocycles. The molecule has 1 heterocycles. The standard InChI is InChI=1S/C12H11F2NO2/c13-8-3-4-9(14)10(6-8)15-7-11(16)12-2-1-5-17-12/h1-6,11,15-16H,7H2. The van der Waals surface area contributed by atoms with Crippen molar-refractivity contribution >= 4 is 5.69 Å². The van der Waals surface area contributed by atoms with Gasteiger partial charge in [-0.1, -0.05) is 0 Å². The first-order valence-electron chi connectivity index (χ1n) is 5.07. The fourth-order valence-corrected chi connectivity index (χ4v) is 1.42. The van der Waals surface area contributed by atoms with Gasteiger partial charge in [-0.25, -0.2) is 8.78 Å². The minimum absolute atomic E-state index is 0.00982. The van der Waals surface area contributed by atoms with Gasteiger partial charge >= 0.3 is 0 Å². The molecule has 1 unspecified atom stereocenters. The Morgan fingerprint density at radius 1 is 1.29 bits per heavy atom. The molecule has 17 heavy (non-hydrogen) atoms. The Morgan fingerprint density at radius 3 is 2.82 bits per heavy atom. The number of hydrogen-bond acceptors (Lipinski definition) is 3. The van der Waals surface area contributed by atoms with Gasteiger partial charge in [0.1, 0.15) is 23.5 Å². The number of halogens is 2. The Bertz CT molecular complexity index is 485. The molecular formula is C12H11F2NO2. The summed E-state index contributed by atoms with van der Waals surface area (Å²) < 4.78 is 31.1. The molecule has 5 heteroatoms. The van der Waals surface area contributed by atoms with Crippen LogP contribution in [0.2, 0.25) is 0 Å². The van der Waals surface area contributed by atoms with E-state index >= 15 is 0 Å². The van der Waals surface area contributed by atoms with Crippen molar-refractivity contribution in [2.75, 3.05) is 11.9 Å². The molecule has 2 rings (SSSR count). The molecule has 0 saturated carbocycles. The van der Waals surface area contributed by atoms with Crippen molar-refractivity contribution in [3.05, 3.63) is 54.0 Å². The molecule has 0 radical (unpaired) electrons. The number of hydrogen-bond donors (Lipinski definition) is 2. The zero-order valence-corrected chi connectivity index (χ0v) is 8.86. The van der Waals surface area contributed by atoms with Crippen LogP contribution in [0.1, 0.15) is 11.9 Å². The summed E-state index contributed by atoms with van der Waals surface area (Å²) in [5.74, 6) is -0.742. The predicted octanol–water partition coefficient (Wildman–Crippen LogP) is 2.70. The van der Waals surface area contributed by atoms with Crippen LogP contribution in [0.25, 0.3) is 0 Å². The Balaban J connectivity index is 2.00. The number of benzene rings is 1. The van der Waals surface area contributed by atoms with Crippen LogP contribution in [0.4, 0.5) is 14.5 Å². The summed E-state index contributed by atoms with van der Waals surface area (Å²) in [5, 5.41) is 12.3. The van der Waals surface area contributed by atoms with Gasteiger partial charge in [-0.3, -0.25) is 0 Å². The average molecular weight is 239 g/mol. The first-order chi connectivity index (χ1) is 8.16. The van der Waals surface area contributed by atoms with E-state index < -0.39 is 17.7 Å². The van der Waals surface area contributed by atoms with Crippen molar-refractivity contribution in [3.63, 3.8) is 0 Å². The summed E-state index contributed by atoms with van der Waals surface area (Å²) in [6, 6.07) is 6.33. The summed E-state index contributed by atoms with van der Waals surface area (Å²) >= 11 is 0. The van der Waals surface area contributed by atoms with Gasteiger partial charge in [0, 0.05) is 6.54 Å². The molecule has 0 bridgehead atoms. The minimum Gasteiger partial charge on any atom is -0.467 e. The van der Waals surface area contributed by atoms with E-state index in [0.29, 0.717) is 5.76 Å². The van der Waals surface area contributed by atoms with Gasteiger partial charge in [0.05, 0.1) is 12.0 Å². The van der Waals surface area contributed by atoms with Crippen molar-refractivity contribution in [2.45, 2.75) is 6.10 Å². The summed E-state index contributed by atoms with van der Waals surface area (Å²) in [5.41, 5.74) is 0.00982. The van der Waals surface area contributed by atoms with Crippen molar-refractivity contribution in [1.29, 1.82) is 0 Å². The fraction of sp³-hybridized carbons (Fsp3) is 0.167. The minimum atomic E-state index is -0.910. The quantitative estimate of drug-likeness (QED) is 0.862. The van der Waals surface area contributed by atoms with Gasteiger partial charge < -0.3 is 14.8 Å². The molecule has 0 spiro atoms. The lowest BCUT2D eigenvalue weighted by Gasteiger charge is -2.11. The highest BCUT2D eigenvalue weighted by Gasteiger charge is 2.11. The van der Waals surface area contributed by atoms with Crippen LogP contribution >= 0.6 is 0 Å². The molecule has 0 amide bonds. The predicted molar refractivity (Wildman–Crippen MR) is 58.5 cm³/mol. The van der Waals surface area contributed by atoms with Gasteiger partial charge in [0.15, 0.2) is 0 Å². The molecule has 1 aromatic heterocycles. The number of aliphatic hydroxyl groups is 1. The molecule has 0 aliphatic carbocycles.